The van der Waals surface area contributed by atoms with Crippen LogP contribution in [0, 0.1) is 12.8 Å². The smallest absolute Gasteiger partial charge is 0.226 e. The van der Waals surface area contributed by atoms with Crippen molar-refractivity contribution in [2.75, 3.05) is 26.7 Å². The first-order valence-corrected chi connectivity index (χ1v) is 10.6. The van der Waals surface area contributed by atoms with Gasteiger partial charge in [0.25, 0.3) is 0 Å². The Hall–Kier alpha value is -2.20. The lowest BCUT2D eigenvalue weighted by Crippen LogP contribution is -2.41. The van der Waals surface area contributed by atoms with Gasteiger partial charge in [-0.05, 0) is 70.4 Å². The predicted molar refractivity (Wildman–Crippen MR) is 112 cm³/mol. The fraction of sp³-hybridized carbons (Fsp3) is 0.500. The first-order valence-electron chi connectivity index (χ1n) is 10.6. The Morgan fingerprint density at radius 3 is 2.54 bits per heavy atom. The second-order valence-corrected chi connectivity index (χ2v) is 8.48. The van der Waals surface area contributed by atoms with Gasteiger partial charge in [0.1, 0.15) is 0 Å². The largest absolute Gasteiger partial charge is 0.334 e. The van der Waals surface area contributed by atoms with Crippen LogP contribution in [0.15, 0.2) is 42.5 Å². The Bertz CT molecular complexity index is 809. The van der Waals surface area contributed by atoms with E-state index in [1.54, 1.807) is 0 Å². The van der Waals surface area contributed by atoms with E-state index in [1.165, 1.54) is 11.1 Å². The molecule has 4 nitrogen and oxygen atoms in total. The topological polar surface area (TPSA) is 36.4 Å². The van der Waals surface area contributed by atoms with Crippen molar-refractivity contribution in [1.82, 2.24) is 14.8 Å². The third kappa shape index (κ3) is 4.27. The van der Waals surface area contributed by atoms with Crippen LogP contribution in [0.2, 0.25) is 0 Å². The zero-order chi connectivity index (χ0) is 19.5. The van der Waals surface area contributed by atoms with Gasteiger partial charge < -0.3 is 9.80 Å². The summed E-state index contributed by atoms with van der Waals surface area (Å²) in [4.78, 5) is 22.6. The molecule has 1 aromatic heterocycles. The van der Waals surface area contributed by atoms with Gasteiger partial charge in [-0.15, -0.1) is 0 Å². The van der Waals surface area contributed by atoms with Crippen LogP contribution in [-0.2, 0) is 11.2 Å². The van der Waals surface area contributed by atoms with E-state index in [9.17, 15) is 4.79 Å². The molecule has 0 bridgehead atoms. The van der Waals surface area contributed by atoms with Gasteiger partial charge in [0.05, 0.1) is 11.7 Å². The molecule has 0 unspecified atom stereocenters. The van der Waals surface area contributed by atoms with Crippen LogP contribution in [0.1, 0.15) is 54.2 Å². The van der Waals surface area contributed by atoms with E-state index >= 15 is 0 Å². The summed E-state index contributed by atoms with van der Waals surface area (Å²) in [5, 5.41) is 0. The van der Waals surface area contributed by atoms with Gasteiger partial charge in [-0.1, -0.05) is 35.9 Å². The van der Waals surface area contributed by atoms with Gasteiger partial charge >= 0.3 is 0 Å². The van der Waals surface area contributed by atoms with Crippen LogP contribution >= 0.6 is 0 Å². The third-order valence-electron chi connectivity index (χ3n) is 6.28. The molecule has 4 heteroatoms. The van der Waals surface area contributed by atoms with E-state index in [0.717, 1.165) is 63.1 Å². The molecule has 2 saturated heterocycles. The summed E-state index contributed by atoms with van der Waals surface area (Å²) in [6.45, 7) is 5.04. The van der Waals surface area contributed by atoms with E-state index in [2.05, 4.69) is 66.2 Å². The molecule has 0 saturated carbocycles. The number of rotatable bonds is 4. The van der Waals surface area contributed by atoms with Gasteiger partial charge in [-0.25, -0.2) is 0 Å². The number of piperidine rings is 1. The Balaban J connectivity index is 1.48. The maximum absolute atomic E-state index is 13.2. The summed E-state index contributed by atoms with van der Waals surface area (Å²) in [7, 11) is 2.14. The highest BCUT2D eigenvalue weighted by Gasteiger charge is 2.35. The van der Waals surface area contributed by atoms with Gasteiger partial charge in [0, 0.05) is 24.6 Å². The van der Waals surface area contributed by atoms with Crippen LogP contribution in [0.3, 0.4) is 0 Å². The van der Waals surface area contributed by atoms with Gasteiger partial charge in [-0.3, -0.25) is 9.78 Å². The molecule has 0 aliphatic carbocycles. The van der Waals surface area contributed by atoms with Gasteiger partial charge in [-0.2, -0.15) is 0 Å². The standard InChI is InChI=1S/C24H31N3O/c1-18-8-10-19(11-9-18)17-21-5-3-6-22(25-21)23-7-4-14-27(23)24(28)20-12-15-26(2)16-13-20/h3,5-6,8-11,20,23H,4,7,12-17H2,1-2H3/t23-/m1/s1. The number of pyridine rings is 1. The van der Waals surface area contributed by atoms with E-state index in [1.807, 2.05) is 0 Å². The minimum absolute atomic E-state index is 0.144. The average molecular weight is 378 g/mol. The molecule has 148 valence electrons. The summed E-state index contributed by atoms with van der Waals surface area (Å²) in [6, 6.07) is 15.1. The summed E-state index contributed by atoms with van der Waals surface area (Å²) >= 11 is 0. The van der Waals surface area contributed by atoms with Crippen molar-refractivity contribution < 1.29 is 4.79 Å². The Morgan fingerprint density at radius 2 is 1.79 bits per heavy atom. The van der Waals surface area contributed by atoms with Crippen LogP contribution in [0.5, 0.6) is 0 Å². The van der Waals surface area contributed by atoms with Crippen molar-refractivity contribution in [3.05, 3.63) is 65.0 Å². The number of hydrogen-bond acceptors (Lipinski definition) is 3. The molecule has 0 N–H and O–H groups in total. The van der Waals surface area contributed by atoms with Crippen LogP contribution in [0.4, 0.5) is 0 Å². The lowest BCUT2D eigenvalue weighted by molar-refractivity contribution is -0.138. The van der Waals surface area contributed by atoms with Crippen LogP contribution < -0.4 is 0 Å². The number of aryl methyl sites for hydroxylation is 1. The molecule has 1 aromatic carbocycles. The molecule has 3 heterocycles. The summed E-state index contributed by atoms with van der Waals surface area (Å²) in [5.41, 5.74) is 4.70. The number of aromatic nitrogens is 1. The molecule has 2 aromatic rings. The van der Waals surface area contributed by atoms with Crippen LogP contribution in [0.25, 0.3) is 0 Å². The molecule has 28 heavy (non-hydrogen) atoms. The molecule has 1 atom stereocenters. The maximum Gasteiger partial charge on any atom is 0.226 e. The highest BCUT2D eigenvalue weighted by Crippen LogP contribution is 2.34. The molecule has 2 fully saturated rings. The summed E-state index contributed by atoms with van der Waals surface area (Å²) < 4.78 is 0. The highest BCUT2D eigenvalue weighted by molar-refractivity contribution is 5.79. The number of likely N-dealkylation sites (tertiary alicyclic amines) is 2. The zero-order valence-corrected chi connectivity index (χ0v) is 17.1. The minimum atomic E-state index is 0.144. The maximum atomic E-state index is 13.2. The fourth-order valence-electron chi connectivity index (χ4n) is 4.53. The number of hydrogen-bond donors (Lipinski definition) is 0. The second kappa shape index (κ2) is 8.44. The molecule has 2 aliphatic rings. The number of nitrogens with zero attached hydrogens (tertiary/aromatic N) is 3. The zero-order valence-electron chi connectivity index (χ0n) is 17.1. The van der Waals surface area contributed by atoms with E-state index in [0.29, 0.717) is 5.91 Å². The van der Waals surface area contributed by atoms with E-state index in [4.69, 9.17) is 4.98 Å². The SMILES string of the molecule is Cc1ccc(Cc2cccc([C@H]3CCCN3C(=O)C3CCN(C)CC3)n2)cc1. The highest BCUT2D eigenvalue weighted by atomic mass is 16.2. The van der Waals surface area contributed by atoms with Crippen LogP contribution in [-0.4, -0.2) is 47.4 Å². The van der Waals surface area contributed by atoms with Crippen molar-refractivity contribution in [2.45, 2.75) is 45.1 Å². The predicted octanol–water partition coefficient (Wildman–Crippen LogP) is 3.99. The first kappa shape index (κ1) is 19.1. The Morgan fingerprint density at radius 1 is 1.04 bits per heavy atom. The van der Waals surface area contributed by atoms with E-state index in [-0.39, 0.29) is 12.0 Å². The molecular weight excluding hydrogens is 346 g/mol. The normalized spacial score (nSPS) is 21.2. The molecular formula is C24H31N3O. The third-order valence-corrected chi connectivity index (χ3v) is 6.28. The molecule has 1 amide bonds. The first-order chi connectivity index (χ1) is 13.6. The minimum Gasteiger partial charge on any atom is -0.334 e. The number of benzene rings is 1. The molecule has 2 aliphatic heterocycles. The monoisotopic (exact) mass is 377 g/mol. The Labute approximate surface area is 168 Å². The molecule has 0 spiro atoms. The summed E-state index contributed by atoms with van der Waals surface area (Å²) in [6.07, 6.45) is 4.91. The lowest BCUT2D eigenvalue weighted by Gasteiger charge is -2.33. The number of carbonyl (C=O) groups is 1. The van der Waals surface area contributed by atoms with Crippen molar-refractivity contribution in [3.63, 3.8) is 0 Å². The van der Waals surface area contributed by atoms with Crippen molar-refractivity contribution in [2.24, 2.45) is 5.92 Å². The summed E-state index contributed by atoms with van der Waals surface area (Å²) in [5.74, 6) is 0.536. The Kier molecular flexibility index (Phi) is 5.77. The molecule has 4 rings (SSSR count). The van der Waals surface area contributed by atoms with Crippen molar-refractivity contribution in [3.8, 4) is 0 Å². The molecule has 0 radical (unpaired) electrons. The average Bonchev–Trinajstić information content (AvgIpc) is 3.20. The van der Waals surface area contributed by atoms with Gasteiger partial charge in [0.2, 0.25) is 5.91 Å². The van der Waals surface area contributed by atoms with Crippen molar-refractivity contribution >= 4 is 5.91 Å². The number of carbonyl (C=O) groups excluding carboxylic acids is 1. The fourth-order valence-corrected chi connectivity index (χ4v) is 4.53. The lowest BCUT2D eigenvalue weighted by atomic mass is 9.95. The number of amides is 1. The van der Waals surface area contributed by atoms with E-state index < -0.39 is 0 Å². The van der Waals surface area contributed by atoms with Gasteiger partial charge in [0.15, 0.2) is 0 Å². The van der Waals surface area contributed by atoms with Crippen molar-refractivity contribution in [1.29, 1.82) is 0 Å². The second-order valence-electron chi connectivity index (χ2n) is 8.48. The quantitative estimate of drug-likeness (QED) is 0.808.